The average Bonchev–Trinajstić information content (AvgIpc) is 2.15. The Morgan fingerprint density at radius 3 is 2.17 bits per heavy atom. The Bertz CT molecular complexity index is 415. The molecule has 0 saturated heterocycles. The van der Waals surface area contributed by atoms with Crippen molar-refractivity contribution >= 4 is 24.2 Å². The second kappa shape index (κ2) is 6.51. The first-order valence-electron chi connectivity index (χ1n) is 5.08. The minimum absolute atomic E-state index is 0. The van der Waals surface area contributed by atoms with E-state index in [0.717, 1.165) is 18.3 Å². The van der Waals surface area contributed by atoms with Crippen LogP contribution in [0.2, 0.25) is 0 Å². The van der Waals surface area contributed by atoms with Gasteiger partial charge in [0.15, 0.2) is 0 Å². The van der Waals surface area contributed by atoms with Crippen LogP contribution >= 0.6 is 0 Å². The fourth-order valence-electron chi connectivity index (χ4n) is 0.977. The number of amides is 1. The molecule has 8 heteroatoms. The quantitative estimate of drug-likeness (QED) is 0.717. The molecule has 0 spiro atoms. The molecule has 18 heavy (non-hydrogen) atoms. The molecule has 1 aromatic heterocycles. The van der Waals surface area contributed by atoms with E-state index < -0.39 is 17.9 Å². The smallest absolute Gasteiger partial charge is 0.445 e. The second-order valence-corrected chi connectivity index (χ2v) is 4.76. The van der Waals surface area contributed by atoms with Crippen LogP contribution in [0.1, 0.15) is 20.8 Å². The fourth-order valence-corrected chi connectivity index (χ4v) is 0.977. The minimum Gasteiger partial charge on any atom is -0.445 e. The van der Waals surface area contributed by atoms with E-state index in [1.165, 1.54) is 0 Å². The van der Waals surface area contributed by atoms with E-state index in [4.69, 9.17) is 0 Å². The summed E-state index contributed by atoms with van der Waals surface area (Å²) in [7, 11) is 0. The van der Waals surface area contributed by atoms with Crippen LogP contribution in [0.15, 0.2) is 18.3 Å². The Balaban J connectivity index is 0.00000289. The molecule has 0 aliphatic heterocycles. The Kier molecular flexibility index (Phi) is 6.55. The standard InChI is InChI=1S/C10H13BF3N2O.K/c1-10(2,3)9(17)16-8-5-4-7(6-15-8)11(12,13)14;/h4-6H,1-3H3,(H,15,16,17);/q-1;+1. The van der Waals surface area contributed by atoms with Crippen molar-refractivity contribution in [3.05, 3.63) is 18.3 Å². The van der Waals surface area contributed by atoms with Gasteiger partial charge in [0, 0.05) is 11.6 Å². The molecular formula is C10H13BF3KN2O. The van der Waals surface area contributed by atoms with Crippen molar-refractivity contribution in [2.75, 3.05) is 5.32 Å². The largest absolute Gasteiger partial charge is 1.00 e. The van der Waals surface area contributed by atoms with Crippen molar-refractivity contribution in [2.45, 2.75) is 20.8 Å². The maximum Gasteiger partial charge on any atom is 1.00 e. The molecule has 0 saturated carbocycles. The third-order valence-corrected chi connectivity index (χ3v) is 2.09. The molecule has 0 aromatic carbocycles. The Morgan fingerprint density at radius 2 is 1.83 bits per heavy atom. The number of carbonyl (C=O) groups is 1. The van der Waals surface area contributed by atoms with Crippen LogP contribution in [-0.2, 0) is 4.79 Å². The first-order valence-corrected chi connectivity index (χ1v) is 5.08. The predicted octanol–water partition coefficient (Wildman–Crippen LogP) is -0.875. The van der Waals surface area contributed by atoms with Gasteiger partial charge in [0.25, 0.3) is 0 Å². The van der Waals surface area contributed by atoms with E-state index in [0.29, 0.717) is 0 Å². The molecule has 0 unspecified atom stereocenters. The number of nitrogens with zero attached hydrogens (tertiary/aromatic N) is 1. The van der Waals surface area contributed by atoms with Gasteiger partial charge < -0.3 is 18.3 Å². The van der Waals surface area contributed by atoms with Gasteiger partial charge in [0.05, 0.1) is 0 Å². The van der Waals surface area contributed by atoms with Crippen molar-refractivity contribution < 1.29 is 69.1 Å². The molecule has 1 N–H and O–H groups in total. The Morgan fingerprint density at radius 1 is 1.28 bits per heavy atom. The average molecular weight is 284 g/mol. The van der Waals surface area contributed by atoms with Gasteiger partial charge in [-0.2, -0.15) is 0 Å². The zero-order chi connectivity index (χ0) is 13.3. The van der Waals surface area contributed by atoms with Crippen LogP contribution in [0.25, 0.3) is 0 Å². The predicted molar refractivity (Wildman–Crippen MR) is 61.0 cm³/mol. The maximum absolute atomic E-state index is 12.3. The summed E-state index contributed by atoms with van der Waals surface area (Å²) in [4.78, 5) is 15.1. The van der Waals surface area contributed by atoms with E-state index in [1.807, 2.05) is 0 Å². The van der Waals surface area contributed by atoms with Gasteiger partial charge in [-0.15, -0.1) is 0 Å². The van der Waals surface area contributed by atoms with Gasteiger partial charge >= 0.3 is 58.4 Å². The zero-order valence-electron chi connectivity index (χ0n) is 10.8. The molecule has 0 radical (unpaired) electrons. The summed E-state index contributed by atoms with van der Waals surface area (Å²) in [5.41, 5.74) is -1.40. The second-order valence-electron chi connectivity index (χ2n) is 4.76. The molecule has 0 atom stereocenters. The zero-order valence-corrected chi connectivity index (χ0v) is 13.9. The minimum atomic E-state index is -5.04. The molecule has 0 fully saturated rings. The van der Waals surface area contributed by atoms with Crippen molar-refractivity contribution in [3.8, 4) is 0 Å². The molecule has 94 valence electrons. The third-order valence-electron chi connectivity index (χ3n) is 2.09. The number of rotatable bonds is 2. The Hall–Kier alpha value is 0.111. The van der Waals surface area contributed by atoms with E-state index in [9.17, 15) is 17.7 Å². The number of nitrogens with one attached hydrogen (secondary N) is 1. The summed E-state index contributed by atoms with van der Waals surface area (Å²) >= 11 is 0. The van der Waals surface area contributed by atoms with E-state index in [1.54, 1.807) is 20.8 Å². The monoisotopic (exact) mass is 284 g/mol. The van der Waals surface area contributed by atoms with Gasteiger partial charge in [-0.05, 0) is 6.07 Å². The Labute approximate surface area is 146 Å². The van der Waals surface area contributed by atoms with Crippen LogP contribution in [0.4, 0.5) is 18.8 Å². The molecule has 1 heterocycles. The van der Waals surface area contributed by atoms with E-state index in [2.05, 4.69) is 10.3 Å². The molecule has 0 bridgehead atoms. The summed E-state index contributed by atoms with van der Waals surface area (Å²) in [5, 5.41) is 2.45. The van der Waals surface area contributed by atoms with Crippen molar-refractivity contribution in [3.63, 3.8) is 0 Å². The first-order chi connectivity index (χ1) is 7.60. The van der Waals surface area contributed by atoms with Crippen molar-refractivity contribution in [2.24, 2.45) is 5.41 Å². The molecule has 1 amide bonds. The van der Waals surface area contributed by atoms with Crippen molar-refractivity contribution in [1.29, 1.82) is 0 Å². The topological polar surface area (TPSA) is 42.0 Å². The SMILES string of the molecule is CC(C)(C)C(=O)Nc1ccc([B-](F)(F)F)cn1.[K+]. The molecule has 0 aliphatic carbocycles. The number of hydrogen-bond acceptors (Lipinski definition) is 2. The number of hydrogen-bond donors (Lipinski definition) is 1. The van der Waals surface area contributed by atoms with Crippen LogP contribution in [-0.4, -0.2) is 17.9 Å². The van der Waals surface area contributed by atoms with Gasteiger partial charge in [-0.1, -0.05) is 32.3 Å². The maximum atomic E-state index is 12.3. The normalized spacial score (nSPS) is 11.7. The van der Waals surface area contributed by atoms with Crippen LogP contribution in [0, 0.1) is 5.41 Å². The summed E-state index contributed by atoms with van der Waals surface area (Å²) in [6.07, 6.45) is 0.721. The number of pyridine rings is 1. The molecule has 1 aromatic rings. The number of halogens is 3. The van der Waals surface area contributed by atoms with Gasteiger partial charge in [0.1, 0.15) is 5.82 Å². The summed E-state index contributed by atoms with van der Waals surface area (Å²) < 4.78 is 36.9. The summed E-state index contributed by atoms with van der Waals surface area (Å²) in [5.74, 6) is -0.177. The summed E-state index contributed by atoms with van der Waals surface area (Å²) in [6.45, 7) is 0.0687. The van der Waals surface area contributed by atoms with Gasteiger partial charge in [-0.25, -0.2) is 4.98 Å². The van der Waals surface area contributed by atoms with Crippen LogP contribution in [0.3, 0.4) is 0 Å². The number of anilines is 1. The van der Waals surface area contributed by atoms with Gasteiger partial charge in [-0.3, -0.25) is 4.79 Å². The fraction of sp³-hybridized carbons (Fsp3) is 0.400. The number of aromatic nitrogens is 1. The molecule has 1 rings (SSSR count). The summed E-state index contributed by atoms with van der Waals surface area (Å²) in [6, 6.07) is 2.06. The first kappa shape index (κ1) is 18.1. The molecule has 3 nitrogen and oxygen atoms in total. The van der Waals surface area contributed by atoms with Crippen LogP contribution < -0.4 is 62.2 Å². The third kappa shape index (κ3) is 5.40. The van der Waals surface area contributed by atoms with Crippen LogP contribution in [0.5, 0.6) is 0 Å². The van der Waals surface area contributed by atoms with Gasteiger partial charge in [0.2, 0.25) is 5.91 Å². The molecular weight excluding hydrogens is 271 g/mol. The number of carbonyl (C=O) groups excluding carboxylic acids is 1. The van der Waals surface area contributed by atoms with E-state index >= 15 is 0 Å². The van der Waals surface area contributed by atoms with E-state index in [-0.39, 0.29) is 63.1 Å². The molecule has 0 aliphatic rings. The van der Waals surface area contributed by atoms with Crippen molar-refractivity contribution in [1.82, 2.24) is 4.98 Å².